The SMILES string of the molecule is O=C(Cc1ccncc1)N1CC[C@@](O)(COc2ccc(F)cc2)C1. The predicted octanol–water partition coefficient (Wildman–Crippen LogP) is 1.81. The molecule has 0 saturated carbocycles. The van der Waals surface area contributed by atoms with Crippen molar-refractivity contribution < 1.29 is 19.0 Å². The topological polar surface area (TPSA) is 62.7 Å². The fraction of sp³-hybridized carbons (Fsp3) is 0.333. The highest BCUT2D eigenvalue weighted by atomic mass is 19.1. The van der Waals surface area contributed by atoms with E-state index in [1.807, 2.05) is 0 Å². The fourth-order valence-corrected chi connectivity index (χ4v) is 2.72. The number of ether oxygens (including phenoxy) is 1. The summed E-state index contributed by atoms with van der Waals surface area (Å²) < 4.78 is 18.4. The van der Waals surface area contributed by atoms with E-state index in [0.29, 0.717) is 18.7 Å². The standard InChI is InChI=1S/C18H19FN2O3/c19-15-1-3-16(4-2-15)24-13-18(23)7-10-21(12-18)17(22)11-14-5-8-20-9-6-14/h1-6,8-9,23H,7,10-13H2/t18-/m0/s1. The molecule has 1 aliphatic heterocycles. The number of pyridine rings is 1. The lowest BCUT2D eigenvalue weighted by molar-refractivity contribution is -0.130. The first-order valence-electron chi connectivity index (χ1n) is 7.82. The van der Waals surface area contributed by atoms with Crippen molar-refractivity contribution in [3.63, 3.8) is 0 Å². The number of carbonyl (C=O) groups is 1. The molecule has 0 radical (unpaired) electrons. The number of aromatic nitrogens is 1. The van der Waals surface area contributed by atoms with Crippen LogP contribution in [0.3, 0.4) is 0 Å². The van der Waals surface area contributed by atoms with Gasteiger partial charge in [-0.05, 0) is 48.4 Å². The number of β-amino-alcohol motifs (C(OH)–C–C–N with tert-alkyl or cyclic N) is 1. The minimum absolute atomic E-state index is 0.0288. The minimum atomic E-state index is -1.08. The molecule has 24 heavy (non-hydrogen) atoms. The third kappa shape index (κ3) is 4.08. The van der Waals surface area contributed by atoms with Gasteiger partial charge in [0.2, 0.25) is 5.91 Å². The van der Waals surface area contributed by atoms with E-state index in [9.17, 15) is 14.3 Å². The van der Waals surface area contributed by atoms with Crippen LogP contribution in [0.1, 0.15) is 12.0 Å². The normalized spacial score (nSPS) is 20.2. The van der Waals surface area contributed by atoms with E-state index in [1.54, 1.807) is 29.4 Å². The van der Waals surface area contributed by atoms with E-state index < -0.39 is 5.60 Å². The Balaban J connectivity index is 1.53. The third-order valence-electron chi connectivity index (χ3n) is 4.11. The van der Waals surface area contributed by atoms with Gasteiger partial charge in [0.05, 0.1) is 13.0 Å². The third-order valence-corrected chi connectivity index (χ3v) is 4.11. The highest BCUT2D eigenvalue weighted by Crippen LogP contribution is 2.24. The van der Waals surface area contributed by atoms with Crippen LogP contribution >= 0.6 is 0 Å². The highest BCUT2D eigenvalue weighted by Gasteiger charge is 2.38. The molecule has 1 fully saturated rings. The van der Waals surface area contributed by atoms with Crippen molar-refractivity contribution in [2.24, 2.45) is 0 Å². The maximum absolute atomic E-state index is 12.9. The van der Waals surface area contributed by atoms with Crippen LogP contribution in [0.4, 0.5) is 4.39 Å². The molecule has 1 amide bonds. The van der Waals surface area contributed by atoms with Crippen molar-refractivity contribution in [3.05, 3.63) is 60.2 Å². The summed E-state index contributed by atoms with van der Waals surface area (Å²) in [5.74, 6) is 0.125. The van der Waals surface area contributed by atoms with Gasteiger partial charge in [0, 0.05) is 18.9 Å². The van der Waals surface area contributed by atoms with Crippen LogP contribution in [0.25, 0.3) is 0 Å². The van der Waals surface area contributed by atoms with Gasteiger partial charge in [0.25, 0.3) is 0 Å². The van der Waals surface area contributed by atoms with Gasteiger partial charge in [0.15, 0.2) is 0 Å². The molecule has 0 aliphatic carbocycles. The van der Waals surface area contributed by atoms with Gasteiger partial charge in [0.1, 0.15) is 23.8 Å². The zero-order chi connectivity index (χ0) is 17.0. The molecule has 1 N–H and O–H groups in total. The lowest BCUT2D eigenvalue weighted by Gasteiger charge is -2.23. The van der Waals surface area contributed by atoms with E-state index in [2.05, 4.69) is 4.98 Å². The first-order valence-corrected chi connectivity index (χ1v) is 7.82. The van der Waals surface area contributed by atoms with Crippen molar-refractivity contribution in [1.82, 2.24) is 9.88 Å². The summed E-state index contributed by atoms with van der Waals surface area (Å²) in [6, 6.07) is 9.24. The number of hydrogen-bond donors (Lipinski definition) is 1. The molecule has 1 aromatic heterocycles. The first kappa shape index (κ1) is 16.4. The number of hydrogen-bond acceptors (Lipinski definition) is 4. The smallest absolute Gasteiger partial charge is 0.227 e. The number of benzene rings is 1. The molecule has 0 unspecified atom stereocenters. The van der Waals surface area contributed by atoms with E-state index in [0.717, 1.165) is 5.56 Å². The van der Waals surface area contributed by atoms with Crippen molar-refractivity contribution >= 4 is 5.91 Å². The van der Waals surface area contributed by atoms with Gasteiger partial charge in [-0.3, -0.25) is 9.78 Å². The maximum Gasteiger partial charge on any atom is 0.227 e. The summed E-state index contributed by atoms with van der Waals surface area (Å²) in [6.07, 6.45) is 4.05. The van der Waals surface area contributed by atoms with Crippen molar-refractivity contribution in [1.29, 1.82) is 0 Å². The summed E-state index contributed by atoms with van der Waals surface area (Å²) in [7, 11) is 0. The summed E-state index contributed by atoms with van der Waals surface area (Å²) in [5, 5.41) is 10.6. The Morgan fingerprint density at radius 3 is 2.67 bits per heavy atom. The number of amides is 1. The number of nitrogens with zero attached hydrogens (tertiary/aromatic N) is 2. The van der Waals surface area contributed by atoms with Crippen LogP contribution < -0.4 is 4.74 Å². The van der Waals surface area contributed by atoms with E-state index in [1.165, 1.54) is 24.3 Å². The number of rotatable bonds is 5. The molecule has 1 aliphatic rings. The molecule has 1 aromatic carbocycles. The van der Waals surface area contributed by atoms with Gasteiger partial charge in [-0.15, -0.1) is 0 Å². The van der Waals surface area contributed by atoms with Gasteiger partial charge in [-0.25, -0.2) is 4.39 Å². The van der Waals surface area contributed by atoms with Crippen molar-refractivity contribution in [2.45, 2.75) is 18.4 Å². The van der Waals surface area contributed by atoms with Crippen LogP contribution in [0.2, 0.25) is 0 Å². The fourth-order valence-electron chi connectivity index (χ4n) is 2.72. The summed E-state index contributed by atoms with van der Waals surface area (Å²) in [4.78, 5) is 17.9. The zero-order valence-corrected chi connectivity index (χ0v) is 13.2. The largest absolute Gasteiger partial charge is 0.491 e. The van der Waals surface area contributed by atoms with Crippen LogP contribution in [0.5, 0.6) is 5.75 Å². The van der Waals surface area contributed by atoms with E-state index >= 15 is 0 Å². The van der Waals surface area contributed by atoms with Gasteiger partial charge in [-0.1, -0.05) is 0 Å². The molecular formula is C18H19FN2O3. The number of halogens is 1. The molecule has 2 aromatic rings. The lowest BCUT2D eigenvalue weighted by atomic mass is 10.1. The first-order chi connectivity index (χ1) is 11.5. The molecule has 1 saturated heterocycles. The number of aliphatic hydroxyl groups is 1. The Labute approximate surface area is 139 Å². The van der Waals surface area contributed by atoms with Crippen LogP contribution in [0.15, 0.2) is 48.8 Å². The highest BCUT2D eigenvalue weighted by molar-refractivity contribution is 5.79. The summed E-state index contributed by atoms with van der Waals surface area (Å²) in [6.45, 7) is 0.795. The Hall–Kier alpha value is -2.47. The second-order valence-corrected chi connectivity index (χ2v) is 6.06. The average molecular weight is 330 g/mol. The molecule has 126 valence electrons. The van der Waals surface area contributed by atoms with E-state index in [-0.39, 0.29) is 31.3 Å². The number of carbonyl (C=O) groups excluding carboxylic acids is 1. The predicted molar refractivity (Wildman–Crippen MR) is 86.0 cm³/mol. The lowest BCUT2D eigenvalue weighted by Crippen LogP contribution is -2.41. The molecule has 5 nitrogen and oxygen atoms in total. The van der Waals surface area contributed by atoms with Crippen molar-refractivity contribution in [3.8, 4) is 5.75 Å². The molecule has 2 heterocycles. The molecular weight excluding hydrogens is 311 g/mol. The second-order valence-electron chi connectivity index (χ2n) is 6.06. The minimum Gasteiger partial charge on any atom is -0.491 e. The second kappa shape index (κ2) is 6.97. The summed E-state index contributed by atoms with van der Waals surface area (Å²) >= 11 is 0. The maximum atomic E-state index is 12.9. The van der Waals surface area contributed by atoms with Crippen LogP contribution in [-0.4, -0.2) is 46.2 Å². The molecule has 3 rings (SSSR count). The Morgan fingerprint density at radius 1 is 1.25 bits per heavy atom. The summed E-state index contributed by atoms with van der Waals surface area (Å²) in [5.41, 5.74) is -0.185. The van der Waals surface area contributed by atoms with Crippen LogP contribution in [-0.2, 0) is 11.2 Å². The van der Waals surface area contributed by atoms with Gasteiger partial charge in [-0.2, -0.15) is 0 Å². The Bertz CT molecular complexity index is 693. The van der Waals surface area contributed by atoms with Crippen molar-refractivity contribution in [2.75, 3.05) is 19.7 Å². The van der Waals surface area contributed by atoms with Gasteiger partial charge >= 0.3 is 0 Å². The van der Waals surface area contributed by atoms with Gasteiger partial charge < -0.3 is 14.7 Å². The molecule has 0 bridgehead atoms. The molecule has 6 heteroatoms. The van der Waals surface area contributed by atoms with E-state index in [4.69, 9.17) is 4.74 Å². The molecule has 0 spiro atoms. The quantitative estimate of drug-likeness (QED) is 0.908. The average Bonchev–Trinajstić information content (AvgIpc) is 2.98. The monoisotopic (exact) mass is 330 g/mol. The zero-order valence-electron chi connectivity index (χ0n) is 13.2. The molecule has 1 atom stereocenters. The Kier molecular flexibility index (Phi) is 4.76. The number of likely N-dealkylation sites (tertiary alicyclic amines) is 1. The Morgan fingerprint density at radius 2 is 1.96 bits per heavy atom. The van der Waals surface area contributed by atoms with Crippen LogP contribution in [0, 0.1) is 5.82 Å².